The summed E-state index contributed by atoms with van der Waals surface area (Å²) in [5.74, 6) is 1.70. The summed E-state index contributed by atoms with van der Waals surface area (Å²) in [6.07, 6.45) is 1.46. The number of hydrogen-bond donors (Lipinski definition) is 2. The van der Waals surface area contributed by atoms with E-state index in [2.05, 4.69) is 43.1 Å². The summed E-state index contributed by atoms with van der Waals surface area (Å²) < 4.78 is 1.43. The lowest BCUT2D eigenvalue weighted by Gasteiger charge is -2.25. The van der Waals surface area contributed by atoms with E-state index < -0.39 is 0 Å². The number of rotatable bonds is 6. The molecule has 18 heavy (non-hydrogen) atoms. The standard InChI is InChI=1S/C12H23N5O/c1-8(2)10(9(3)4)5-14-11(18)6-17-7-15-12(13)16-17/h7-10H,5-6H2,1-4H3,(H2,13,16)(H,14,18). The molecule has 3 N–H and O–H groups in total. The number of carbonyl (C=O) groups is 1. The maximum absolute atomic E-state index is 11.7. The van der Waals surface area contributed by atoms with Crippen molar-refractivity contribution in [3.8, 4) is 0 Å². The van der Waals surface area contributed by atoms with E-state index in [0.29, 0.717) is 24.3 Å². The Labute approximate surface area is 108 Å². The predicted molar refractivity (Wildman–Crippen MR) is 70.6 cm³/mol. The third kappa shape index (κ3) is 4.35. The number of aromatic nitrogens is 3. The van der Waals surface area contributed by atoms with Gasteiger partial charge >= 0.3 is 0 Å². The molecule has 0 aliphatic heterocycles. The van der Waals surface area contributed by atoms with Crippen molar-refractivity contribution < 1.29 is 4.79 Å². The Hall–Kier alpha value is -1.59. The second kappa shape index (κ2) is 6.37. The molecule has 0 saturated heterocycles. The third-order valence-corrected chi connectivity index (χ3v) is 3.11. The van der Waals surface area contributed by atoms with E-state index in [0.717, 1.165) is 0 Å². The minimum Gasteiger partial charge on any atom is -0.367 e. The Kier molecular flexibility index (Phi) is 5.12. The largest absolute Gasteiger partial charge is 0.367 e. The highest BCUT2D eigenvalue weighted by Gasteiger charge is 2.18. The van der Waals surface area contributed by atoms with Crippen molar-refractivity contribution in [2.24, 2.45) is 17.8 Å². The fourth-order valence-corrected chi connectivity index (χ4v) is 2.06. The summed E-state index contributed by atoms with van der Waals surface area (Å²) >= 11 is 0. The van der Waals surface area contributed by atoms with Gasteiger partial charge in [-0.2, -0.15) is 0 Å². The highest BCUT2D eigenvalue weighted by atomic mass is 16.2. The van der Waals surface area contributed by atoms with Gasteiger partial charge in [0.15, 0.2) is 0 Å². The molecule has 0 saturated carbocycles. The van der Waals surface area contributed by atoms with E-state index >= 15 is 0 Å². The molecular formula is C12H23N5O. The number of amides is 1. The molecule has 6 nitrogen and oxygen atoms in total. The van der Waals surface area contributed by atoms with Gasteiger partial charge in [-0.05, 0) is 17.8 Å². The molecule has 1 aromatic heterocycles. The third-order valence-electron chi connectivity index (χ3n) is 3.11. The van der Waals surface area contributed by atoms with Crippen molar-refractivity contribution in [3.05, 3.63) is 6.33 Å². The lowest BCUT2D eigenvalue weighted by Crippen LogP contribution is -2.35. The van der Waals surface area contributed by atoms with Crippen LogP contribution in [0, 0.1) is 17.8 Å². The molecule has 0 spiro atoms. The monoisotopic (exact) mass is 253 g/mol. The average molecular weight is 253 g/mol. The van der Waals surface area contributed by atoms with Crippen molar-refractivity contribution in [1.82, 2.24) is 20.1 Å². The summed E-state index contributed by atoms with van der Waals surface area (Å²) in [6.45, 7) is 9.55. The summed E-state index contributed by atoms with van der Waals surface area (Å²) in [7, 11) is 0. The zero-order valence-corrected chi connectivity index (χ0v) is 11.6. The molecule has 0 radical (unpaired) electrons. The van der Waals surface area contributed by atoms with Crippen LogP contribution in [0.2, 0.25) is 0 Å². The molecular weight excluding hydrogens is 230 g/mol. The van der Waals surface area contributed by atoms with Gasteiger partial charge in [0.05, 0.1) is 0 Å². The van der Waals surface area contributed by atoms with E-state index in [9.17, 15) is 4.79 Å². The van der Waals surface area contributed by atoms with Crippen LogP contribution in [-0.2, 0) is 11.3 Å². The van der Waals surface area contributed by atoms with Gasteiger partial charge in [-0.25, -0.2) is 9.67 Å². The molecule has 1 rings (SSSR count). The first-order valence-corrected chi connectivity index (χ1v) is 6.31. The van der Waals surface area contributed by atoms with Gasteiger partial charge < -0.3 is 11.1 Å². The van der Waals surface area contributed by atoms with Gasteiger partial charge in [-0.15, -0.1) is 5.10 Å². The lowest BCUT2D eigenvalue weighted by molar-refractivity contribution is -0.122. The van der Waals surface area contributed by atoms with Crippen molar-refractivity contribution in [3.63, 3.8) is 0 Å². The Morgan fingerprint density at radius 1 is 1.39 bits per heavy atom. The summed E-state index contributed by atoms with van der Waals surface area (Å²) in [5.41, 5.74) is 5.38. The molecule has 0 atom stereocenters. The van der Waals surface area contributed by atoms with E-state index in [1.165, 1.54) is 11.0 Å². The first-order chi connectivity index (χ1) is 8.40. The molecule has 1 aromatic rings. The Morgan fingerprint density at radius 3 is 2.44 bits per heavy atom. The lowest BCUT2D eigenvalue weighted by atomic mass is 9.85. The number of nitrogens with zero attached hydrogens (tertiary/aromatic N) is 3. The van der Waals surface area contributed by atoms with Crippen molar-refractivity contribution >= 4 is 11.9 Å². The zero-order chi connectivity index (χ0) is 13.7. The van der Waals surface area contributed by atoms with E-state index in [1.807, 2.05) is 0 Å². The van der Waals surface area contributed by atoms with Crippen molar-refractivity contribution in [1.29, 1.82) is 0 Å². The summed E-state index contributed by atoms with van der Waals surface area (Å²) in [5, 5.41) is 6.81. The van der Waals surface area contributed by atoms with Crippen molar-refractivity contribution in [2.75, 3.05) is 12.3 Å². The van der Waals surface area contributed by atoms with Gasteiger partial charge in [0, 0.05) is 6.54 Å². The maximum atomic E-state index is 11.7. The Bertz CT molecular complexity index is 378. The minimum absolute atomic E-state index is 0.0637. The molecule has 6 heteroatoms. The fourth-order valence-electron chi connectivity index (χ4n) is 2.06. The number of nitrogens with one attached hydrogen (secondary N) is 1. The molecule has 1 heterocycles. The molecule has 102 valence electrons. The number of carbonyl (C=O) groups excluding carboxylic acids is 1. The van der Waals surface area contributed by atoms with Crippen LogP contribution in [0.5, 0.6) is 0 Å². The van der Waals surface area contributed by atoms with Crippen LogP contribution in [0.15, 0.2) is 6.33 Å². The average Bonchev–Trinajstić information content (AvgIpc) is 2.62. The van der Waals surface area contributed by atoms with Gasteiger partial charge in [-0.3, -0.25) is 4.79 Å². The van der Waals surface area contributed by atoms with Gasteiger partial charge in [0.1, 0.15) is 12.9 Å². The fraction of sp³-hybridized carbons (Fsp3) is 0.750. The molecule has 0 unspecified atom stereocenters. The molecule has 0 bridgehead atoms. The summed E-state index contributed by atoms with van der Waals surface area (Å²) in [4.78, 5) is 15.5. The van der Waals surface area contributed by atoms with Crippen LogP contribution in [0.3, 0.4) is 0 Å². The topological polar surface area (TPSA) is 85.8 Å². The molecule has 0 aromatic carbocycles. The molecule has 1 amide bonds. The SMILES string of the molecule is CC(C)C(CNC(=O)Cn1cnc(N)n1)C(C)C. The number of hydrogen-bond acceptors (Lipinski definition) is 4. The minimum atomic E-state index is -0.0637. The normalized spacial score (nSPS) is 11.5. The predicted octanol–water partition coefficient (Wildman–Crippen LogP) is 0.905. The highest BCUT2D eigenvalue weighted by Crippen LogP contribution is 2.19. The zero-order valence-electron chi connectivity index (χ0n) is 11.6. The van der Waals surface area contributed by atoms with Gasteiger partial charge in [-0.1, -0.05) is 27.7 Å². The maximum Gasteiger partial charge on any atom is 0.241 e. The van der Waals surface area contributed by atoms with E-state index in [4.69, 9.17) is 5.73 Å². The second-order valence-corrected chi connectivity index (χ2v) is 5.26. The van der Waals surface area contributed by atoms with E-state index in [1.54, 1.807) is 0 Å². The number of nitrogens with two attached hydrogens (primary N) is 1. The van der Waals surface area contributed by atoms with Gasteiger partial charge in [0.2, 0.25) is 11.9 Å². The van der Waals surface area contributed by atoms with Crippen molar-refractivity contribution in [2.45, 2.75) is 34.2 Å². The van der Waals surface area contributed by atoms with Crippen LogP contribution in [-0.4, -0.2) is 27.2 Å². The van der Waals surface area contributed by atoms with Gasteiger partial charge in [0.25, 0.3) is 0 Å². The molecule has 0 aliphatic rings. The Morgan fingerprint density at radius 2 is 2.00 bits per heavy atom. The highest BCUT2D eigenvalue weighted by molar-refractivity contribution is 5.75. The summed E-state index contributed by atoms with van der Waals surface area (Å²) in [6, 6.07) is 0. The van der Waals surface area contributed by atoms with E-state index in [-0.39, 0.29) is 18.4 Å². The second-order valence-electron chi connectivity index (χ2n) is 5.26. The molecule has 0 aliphatic carbocycles. The first-order valence-electron chi connectivity index (χ1n) is 6.31. The van der Waals surface area contributed by atoms with Crippen LogP contribution in [0.1, 0.15) is 27.7 Å². The smallest absolute Gasteiger partial charge is 0.241 e. The van der Waals surface area contributed by atoms with Crippen LogP contribution in [0.25, 0.3) is 0 Å². The Balaban J connectivity index is 2.41. The van der Waals surface area contributed by atoms with Crippen LogP contribution in [0.4, 0.5) is 5.95 Å². The number of anilines is 1. The quantitative estimate of drug-likeness (QED) is 0.789. The number of nitrogen functional groups attached to an aromatic ring is 1. The van der Waals surface area contributed by atoms with Crippen LogP contribution >= 0.6 is 0 Å². The van der Waals surface area contributed by atoms with Crippen LogP contribution < -0.4 is 11.1 Å². The molecule has 0 fully saturated rings. The first kappa shape index (κ1) is 14.5.